The number of anilines is 1. The molecule has 0 unspecified atom stereocenters. The first-order chi connectivity index (χ1) is 7.09. The predicted octanol–water partition coefficient (Wildman–Crippen LogP) is 3.94. The summed E-state index contributed by atoms with van der Waals surface area (Å²) in [6.45, 7) is 5.82. The highest BCUT2D eigenvalue weighted by molar-refractivity contribution is 6.49. The van der Waals surface area contributed by atoms with Gasteiger partial charge < -0.3 is 5.73 Å². The van der Waals surface area contributed by atoms with Crippen LogP contribution in [0.2, 0.25) is 0 Å². The van der Waals surface area contributed by atoms with E-state index in [-0.39, 0.29) is 0 Å². The lowest BCUT2D eigenvalue weighted by atomic mass is 9.99. The minimum absolute atomic E-state index is 0.572. The van der Waals surface area contributed by atoms with Crippen molar-refractivity contribution in [1.82, 2.24) is 0 Å². The molecular formula is C13H12ClN. The molecule has 0 amide bonds. The van der Waals surface area contributed by atoms with Crippen molar-refractivity contribution in [3.8, 4) is 0 Å². The van der Waals surface area contributed by atoms with Crippen LogP contribution in [0.15, 0.2) is 36.9 Å². The monoisotopic (exact) mass is 217 g/mol. The molecule has 1 nitrogen and oxygen atoms in total. The summed E-state index contributed by atoms with van der Waals surface area (Å²) in [4.78, 5) is 0. The van der Waals surface area contributed by atoms with Crippen LogP contribution in [0.3, 0.4) is 0 Å². The fourth-order valence-electron chi connectivity index (χ4n) is 1.82. The van der Waals surface area contributed by atoms with E-state index in [4.69, 9.17) is 17.3 Å². The average Bonchev–Trinajstić information content (AvgIpc) is 2.17. The molecular weight excluding hydrogens is 206 g/mol. The standard InChI is InChI=1S/C13H12ClN/c1-8-3-4-10-7-11(15)5-6-12(10)13(8)9(2)14/h3-7H,2,15H2,1H3. The molecule has 0 aromatic heterocycles. The van der Waals surface area contributed by atoms with Gasteiger partial charge in [0.15, 0.2) is 0 Å². The molecule has 2 aromatic carbocycles. The first-order valence-electron chi connectivity index (χ1n) is 4.73. The Kier molecular flexibility index (Phi) is 2.41. The van der Waals surface area contributed by atoms with Crippen molar-refractivity contribution >= 4 is 33.1 Å². The number of nitrogens with two attached hydrogens (primary N) is 1. The Balaban J connectivity index is 2.88. The molecule has 0 bridgehead atoms. The molecule has 15 heavy (non-hydrogen) atoms. The van der Waals surface area contributed by atoms with E-state index in [1.54, 1.807) is 0 Å². The van der Waals surface area contributed by atoms with E-state index >= 15 is 0 Å². The summed E-state index contributed by atoms with van der Waals surface area (Å²) in [5, 5.41) is 2.77. The minimum atomic E-state index is 0.572. The van der Waals surface area contributed by atoms with Gasteiger partial charge in [-0.2, -0.15) is 0 Å². The first-order valence-corrected chi connectivity index (χ1v) is 5.11. The maximum Gasteiger partial charge on any atom is 0.0415 e. The molecule has 2 aromatic rings. The summed E-state index contributed by atoms with van der Waals surface area (Å²) < 4.78 is 0. The fraction of sp³-hybridized carbons (Fsp3) is 0.0769. The van der Waals surface area contributed by atoms with E-state index in [9.17, 15) is 0 Å². The third kappa shape index (κ3) is 1.71. The van der Waals surface area contributed by atoms with Gasteiger partial charge in [-0.3, -0.25) is 0 Å². The average molecular weight is 218 g/mol. The molecule has 76 valence electrons. The zero-order chi connectivity index (χ0) is 11.0. The van der Waals surface area contributed by atoms with E-state index in [0.717, 1.165) is 27.6 Å². The third-order valence-corrected chi connectivity index (χ3v) is 2.71. The number of aryl methyl sites for hydroxylation is 1. The molecule has 2 heteroatoms. The number of benzene rings is 2. The van der Waals surface area contributed by atoms with Crippen LogP contribution in [0.4, 0.5) is 5.69 Å². The first kappa shape index (κ1) is 10.1. The summed E-state index contributed by atoms with van der Waals surface area (Å²) >= 11 is 6.00. The Hall–Kier alpha value is -1.47. The molecule has 0 aliphatic carbocycles. The maximum atomic E-state index is 6.00. The third-order valence-electron chi connectivity index (χ3n) is 2.52. The van der Waals surface area contributed by atoms with E-state index in [1.165, 1.54) is 0 Å². The number of rotatable bonds is 1. The summed E-state index contributed by atoms with van der Waals surface area (Å²) in [6.07, 6.45) is 0. The number of halogens is 1. The van der Waals surface area contributed by atoms with Crippen LogP contribution in [-0.4, -0.2) is 0 Å². The Morgan fingerprint density at radius 1 is 1.27 bits per heavy atom. The van der Waals surface area contributed by atoms with Gasteiger partial charge in [0, 0.05) is 16.3 Å². The molecule has 0 heterocycles. The van der Waals surface area contributed by atoms with Crippen molar-refractivity contribution in [3.63, 3.8) is 0 Å². The van der Waals surface area contributed by atoms with Gasteiger partial charge in [-0.1, -0.05) is 36.4 Å². The number of fused-ring (bicyclic) bond motifs is 1. The van der Waals surface area contributed by atoms with Gasteiger partial charge in [-0.15, -0.1) is 0 Å². The van der Waals surface area contributed by atoms with Crippen LogP contribution in [0.25, 0.3) is 15.8 Å². The lowest BCUT2D eigenvalue weighted by Gasteiger charge is -2.09. The molecule has 0 saturated heterocycles. The van der Waals surface area contributed by atoms with Crippen molar-refractivity contribution in [2.75, 3.05) is 5.73 Å². The van der Waals surface area contributed by atoms with Crippen molar-refractivity contribution in [2.24, 2.45) is 0 Å². The van der Waals surface area contributed by atoms with E-state index in [1.807, 2.05) is 37.3 Å². The van der Waals surface area contributed by atoms with Gasteiger partial charge in [0.1, 0.15) is 0 Å². The SMILES string of the molecule is C=C(Cl)c1c(C)ccc2cc(N)ccc12. The maximum absolute atomic E-state index is 6.00. The summed E-state index contributed by atoms with van der Waals surface area (Å²) in [5.74, 6) is 0. The van der Waals surface area contributed by atoms with Crippen molar-refractivity contribution in [3.05, 3.63) is 48.0 Å². The number of hydrogen-bond donors (Lipinski definition) is 1. The molecule has 0 atom stereocenters. The molecule has 0 aliphatic heterocycles. The number of nitrogen functional groups attached to an aromatic ring is 1. The van der Waals surface area contributed by atoms with Gasteiger partial charge in [-0.05, 0) is 35.4 Å². The molecule has 0 fully saturated rings. The van der Waals surface area contributed by atoms with Crippen LogP contribution in [-0.2, 0) is 0 Å². The highest BCUT2D eigenvalue weighted by atomic mass is 35.5. The van der Waals surface area contributed by atoms with E-state index in [0.29, 0.717) is 5.03 Å². The lowest BCUT2D eigenvalue weighted by molar-refractivity contribution is 1.47. The molecule has 2 rings (SSSR count). The molecule has 0 spiro atoms. The topological polar surface area (TPSA) is 26.0 Å². The Bertz CT molecular complexity index is 543. The van der Waals surface area contributed by atoms with Gasteiger partial charge in [-0.25, -0.2) is 0 Å². The highest BCUT2D eigenvalue weighted by Gasteiger charge is 2.06. The van der Waals surface area contributed by atoms with Crippen LogP contribution in [0.5, 0.6) is 0 Å². The van der Waals surface area contributed by atoms with Crippen molar-refractivity contribution < 1.29 is 0 Å². The Labute approximate surface area is 94.2 Å². The normalized spacial score (nSPS) is 10.5. The quantitative estimate of drug-likeness (QED) is 0.720. The molecule has 2 N–H and O–H groups in total. The summed E-state index contributed by atoms with van der Waals surface area (Å²) in [6, 6.07) is 9.89. The van der Waals surface area contributed by atoms with Crippen LogP contribution in [0, 0.1) is 6.92 Å². The zero-order valence-corrected chi connectivity index (χ0v) is 9.31. The highest BCUT2D eigenvalue weighted by Crippen LogP contribution is 2.30. The van der Waals surface area contributed by atoms with Gasteiger partial charge in [0.25, 0.3) is 0 Å². The second-order valence-corrected chi connectivity index (χ2v) is 4.10. The van der Waals surface area contributed by atoms with Crippen LogP contribution in [0.1, 0.15) is 11.1 Å². The van der Waals surface area contributed by atoms with Gasteiger partial charge in [0.2, 0.25) is 0 Å². The van der Waals surface area contributed by atoms with Crippen molar-refractivity contribution in [2.45, 2.75) is 6.92 Å². The fourth-order valence-corrected chi connectivity index (χ4v) is 2.07. The van der Waals surface area contributed by atoms with E-state index < -0.39 is 0 Å². The van der Waals surface area contributed by atoms with Gasteiger partial charge in [0.05, 0.1) is 0 Å². The molecule has 0 radical (unpaired) electrons. The molecule has 0 aliphatic rings. The Morgan fingerprint density at radius 3 is 2.67 bits per heavy atom. The largest absolute Gasteiger partial charge is 0.399 e. The molecule has 0 saturated carbocycles. The zero-order valence-electron chi connectivity index (χ0n) is 8.55. The van der Waals surface area contributed by atoms with Crippen LogP contribution < -0.4 is 5.73 Å². The Morgan fingerprint density at radius 2 is 2.00 bits per heavy atom. The predicted molar refractivity (Wildman–Crippen MR) is 68.0 cm³/mol. The second kappa shape index (κ2) is 3.59. The van der Waals surface area contributed by atoms with E-state index in [2.05, 4.69) is 6.58 Å². The minimum Gasteiger partial charge on any atom is -0.399 e. The summed E-state index contributed by atoms with van der Waals surface area (Å²) in [5.41, 5.74) is 8.63. The second-order valence-electron chi connectivity index (χ2n) is 3.64. The lowest BCUT2D eigenvalue weighted by Crippen LogP contribution is -1.89. The summed E-state index contributed by atoms with van der Waals surface area (Å²) in [7, 11) is 0. The van der Waals surface area contributed by atoms with Gasteiger partial charge >= 0.3 is 0 Å². The van der Waals surface area contributed by atoms with Crippen LogP contribution >= 0.6 is 11.6 Å². The smallest absolute Gasteiger partial charge is 0.0415 e. The number of hydrogen-bond acceptors (Lipinski definition) is 1. The van der Waals surface area contributed by atoms with Crippen molar-refractivity contribution in [1.29, 1.82) is 0 Å².